The molecule has 3 fully saturated rings. The number of hydrogen-bond acceptors (Lipinski definition) is 3. The number of carboxylic acids is 1. The van der Waals surface area contributed by atoms with Crippen LogP contribution < -0.4 is 4.74 Å². The standard InChI is InChI=1S/C24H26F2O4/c25-18-1-3-20(4-2-18)30-21-14-17(13-19(26)15-21)16-29-24-10-7-23(8-11-24,9-12-24)6-5-22(27)28/h1-4,13-15H,5-12,16H2,(H,27,28). The molecule has 0 spiro atoms. The smallest absolute Gasteiger partial charge is 0.303 e. The van der Waals surface area contributed by atoms with E-state index in [4.69, 9.17) is 14.6 Å². The summed E-state index contributed by atoms with van der Waals surface area (Å²) in [6, 6.07) is 10.1. The van der Waals surface area contributed by atoms with E-state index < -0.39 is 11.8 Å². The predicted molar refractivity (Wildman–Crippen MR) is 107 cm³/mol. The Kier molecular flexibility index (Phi) is 5.78. The van der Waals surface area contributed by atoms with Crippen LogP contribution in [0.5, 0.6) is 11.5 Å². The first kappa shape index (κ1) is 20.8. The molecule has 2 aromatic rings. The van der Waals surface area contributed by atoms with Crippen LogP contribution in [-0.2, 0) is 16.1 Å². The summed E-state index contributed by atoms with van der Waals surface area (Å²) in [5.74, 6) is -0.720. The molecule has 3 aliphatic carbocycles. The number of halogens is 2. The van der Waals surface area contributed by atoms with Crippen molar-refractivity contribution >= 4 is 5.97 Å². The van der Waals surface area contributed by atoms with Crippen molar-refractivity contribution in [3.63, 3.8) is 0 Å². The van der Waals surface area contributed by atoms with E-state index in [0.29, 0.717) is 23.7 Å². The van der Waals surface area contributed by atoms with Crippen LogP contribution in [0.15, 0.2) is 42.5 Å². The Labute approximate surface area is 174 Å². The third kappa shape index (κ3) is 4.81. The molecule has 160 valence electrons. The Morgan fingerprint density at radius 3 is 2.20 bits per heavy atom. The SMILES string of the molecule is O=C(O)CCC12CCC(OCc3cc(F)cc(Oc4ccc(F)cc4)c3)(CC1)CC2. The average Bonchev–Trinajstić information content (AvgIpc) is 2.74. The number of aliphatic carboxylic acids is 1. The zero-order valence-electron chi connectivity index (χ0n) is 16.8. The second kappa shape index (κ2) is 8.34. The van der Waals surface area contributed by atoms with Crippen LogP contribution >= 0.6 is 0 Å². The van der Waals surface area contributed by atoms with E-state index in [0.717, 1.165) is 44.9 Å². The molecular weight excluding hydrogens is 390 g/mol. The third-order valence-corrected chi connectivity index (χ3v) is 6.73. The van der Waals surface area contributed by atoms with Gasteiger partial charge in [-0.05, 0) is 92.3 Å². The van der Waals surface area contributed by atoms with Crippen molar-refractivity contribution in [1.29, 1.82) is 0 Å². The second-order valence-corrected chi connectivity index (χ2v) is 8.72. The fraction of sp³-hybridized carbons (Fsp3) is 0.458. The molecule has 3 aliphatic rings. The molecule has 1 N–H and O–H groups in total. The summed E-state index contributed by atoms with van der Waals surface area (Å²) < 4.78 is 39.1. The number of benzene rings is 2. The average molecular weight is 416 g/mol. The van der Waals surface area contributed by atoms with E-state index >= 15 is 0 Å². The topological polar surface area (TPSA) is 55.8 Å². The number of rotatable bonds is 8. The van der Waals surface area contributed by atoms with Crippen molar-refractivity contribution in [3.05, 3.63) is 59.7 Å². The highest BCUT2D eigenvalue weighted by Gasteiger charge is 2.49. The maximum Gasteiger partial charge on any atom is 0.303 e. The number of carboxylic acid groups (broad SMARTS) is 1. The van der Waals surface area contributed by atoms with E-state index in [1.165, 1.54) is 36.4 Å². The van der Waals surface area contributed by atoms with Gasteiger partial charge in [-0.25, -0.2) is 8.78 Å². The lowest BCUT2D eigenvalue weighted by Crippen LogP contribution is -2.47. The van der Waals surface area contributed by atoms with Crippen molar-refractivity contribution in [1.82, 2.24) is 0 Å². The first-order chi connectivity index (χ1) is 14.4. The van der Waals surface area contributed by atoms with Gasteiger partial charge in [-0.15, -0.1) is 0 Å². The molecule has 30 heavy (non-hydrogen) atoms. The maximum atomic E-state index is 14.1. The van der Waals surface area contributed by atoms with E-state index in [-0.39, 0.29) is 23.3 Å². The summed E-state index contributed by atoms with van der Waals surface area (Å²) in [4.78, 5) is 10.9. The normalized spacial score (nSPS) is 25.3. The predicted octanol–water partition coefficient (Wildman–Crippen LogP) is 6.23. The summed E-state index contributed by atoms with van der Waals surface area (Å²) >= 11 is 0. The minimum absolute atomic E-state index is 0.151. The monoisotopic (exact) mass is 416 g/mol. The molecule has 0 saturated heterocycles. The number of carbonyl (C=O) groups is 1. The summed E-state index contributed by atoms with van der Waals surface area (Å²) in [6.45, 7) is 0.291. The van der Waals surface area contributed by atoms with Crippen molar-refractivity contribution < 1.29 is 28.2 Å². The van der Waals surface area contributed by atoms with Crippen LogP contribution in [0.4, 0.5) is 8.78 Å². The third-order valence-electron chi connectivity index (χ3n) is 6.73. The Morgan fingerprint density at radius 1 is 0.900 bits per heavy atom. The van der Waals surface area contributed by atoms with Gasteiger partial charge in [-0.3, -0.25) is 4.79 Å². The maximum absolute atomic E-state index is 14.1. The first-order valence-electron chi connectivity index (χ1n) is 10.4. The molecule has 0 amide bonds. The molecule has 0 radical (unpaired) electrons. The van der Waals surface area contributed by atoms with Crippen LogP contribution in [-0.4, -0.2) is 16.7 Å². The van der Waals surface area contributed by atoms with E-state index in [1.54, 1.807) is 6.07 Å². The fourth-order valence-corrected chi connectivity index (χ4v) is 4.83. The van der Waals surface area contributed by atoms with E-state index in [9.17, 15) is 13.6 Å². The van der Waals surface area contributed by atoms with Crippen LogP contribution in [0, 0.1) is 17.0 Å². The van der Waals surface area contributed by atoms with Gasteiger partial charge in [-0.2, -0.15) is 0 Å². The second-order valence-electron chi connectivity index (χ2n) is 8.72. The highest BCUT2D eigenvalue weighted by atomic mass is 19.1. The first-order valence-corrected chi connectivity index (χ1v) is 10.4. The van der Waals surface area contributed by atoms with Gasteiger partial charge in [0.2, 0.25) is 0 Å². The van der Waals surface area contributed by atoms with Crippen LogP contribution in [0.2, 0.25) is 0 Å². The lowest BCUT2D eigenvalue weighted by molar-refractivity contribution is -0.150. The van der Waals surface area contributed by atoms with Crippen molar-refractivity contribution in [2.24, 2.45) is 5.41 Å². The Hall–Kier alpha value is -2.47. The Balaban J connectivity index is 1.37. The summed E-state index contributed by atoms with van der Waals surface area (Å²) in [6.07, 6.45) is 6.69. The zero-order valence-corrected chi connectivity index (χ0v) is 16.8. The summed E-state index contributed by atoms with van der Waals surface area (Å²) in [5.41, 5.74) is 0.642. The molecule has 3 saturated carbocycles. The quantitative estimate of drug-likeness (QED) is 0.554. The van der Waals surface area contributed by atoms with Gasteiger partial charge in [-0.1, -0.05) is 0 Å². The Morgan fingerprint density at radius 2 is 1.57 bits per heavy atom. The number of fused-ring (bicyclic) bond motifs is 3. The largest absolute Gasteiger partial charge is 0.481 e. The molecule has 0 heterocycles. The molecule has 0 atom stereocenters. The van der Waals surface area contributed by atoms with Crippen molar-refractivity contribution in [3.8, 4) is 11.5 Å². The molecule has 5 rings (SSSR count). The molecule has 0 aromatic heterocycles. The van der Waals surface area contributed by atoms with Crippen molar-refractivity contribution in [2.45, 2.75) is 63.6 Å². The minimum atomic E-state index is -0.729. The van der Waals surface area contributed by atoms with Gasteiger partial charge in [0.1, 0.15) is 23.1 Å². The Bertz CT molecular complexity index is 885. The van der Waals surface area contributed by atoms with Gasteiger partial charge < -0.3 is 14.6 Å². The van der Waals surface area contributed by atoms with Gasteiger partial charge in [0, 0.05) is 12.5 Å². The van der Waals surface area contributed by atoms with Gasteiger partial charge >= 0.3 is 5.97 Å². The fourth-order valence-electron chi connectivity index (χ4n) is 4.83. The molecule has 2 aromatic carbocycles. The molecular formula is C24H26F2O4. The molecule has 2 bridgehead atoms. The highest BCUT2D eigenvalue weighted by molar-refractivity contribution is 5.66. The molecule has 4 nitrogen and oxygen atoms in total. The van der Waals surface area contributed by atoms with E-state index in [2.05, 4.69) is 0 Å². The van der Waals surface area contributed by atoms with Crippen molar-refractivity contribution in [2.75, 3.05) is 0 Å². The van der Waals surface area contributed by atoms with Crippen LogP contribution in [0.3, 0.4) is 0 Å². The number of ether oxygens (including phenoxy) is 2. The zero-order chi connectivity index (χ0) is 21.2. The highest BCUT2D eigenvalue weighted by Crippen LogP contribution is 2.56. The minimum Gasteiger partial charge on any atom is -0.481 e. The summed E-state index contributed by atoms with van der Waals surface area (Å²) in [7, 11) is 0. The summed E-state index contributed by atoms with van der Waals surface area (Å²) in [5, 5.41) is 9.00. The van der Waals surface area contributed by atoms with Crippen LogP contribution in [0.25, 0.3) is 0 Å². The molecule has 0 aliphatic heterocycles. The van der Waals surface area contributed by atoms with Crippen LogP contribution in [0.1, 0.15) is 56.9 Å². The lowest BCUT2D eigenvalue weighted by atomic mass is 9.57. The van der Waals surface area contributed by atoms with E-state index in [1.807, 2.05) is 0 Å². The molecule has 0 unspecified atom stereocenters. The molecule has 6 heteroatoms. The van der Waals surface area contributed by atoms with Gasteiger partial charge in [0.15, 0.2) is 0 Å². The number of hydrogen-bond donors (Lipinski definition) is 1. The van der Waals surface area contributed by atoms with Gasteiger partial charge in [0.25, 0.3) is 0 Å². The lowest BCUT2D eigenvalue weighted by Gasteiger charge is -2.53. The van der Waals surface area contributed by atoms with Gasteiger partial charge in [0.05, 0.1) is 12.2 Å².